The van der Waals surface area contributed by atoms with Gasteiger partial charge in [-0.25, -0.2) is 9.78 Å². The lowest BCUT2D eigenvalue weighted by Crippen LogP contribution is -2.11. The highest BCUT2D eigenvalue weighted by molar-refractivity contribution is 5.90. The summed E-state index contributed by atoms with van der Waals surface area (Å²) in [4.78, 5) is 20.4. The highest BCUT2D eigenvalue weighted by atomic mass is 16.5. The Morgan fingerprint density at radius 3 is 2.12 bits per heavy atom. The fraction of sp³-hybridized carbons (Fsp3) is 0.150. The van der Waals surface area contributed by atoms with Crippen molar-refractivity contribution >= 4 is 5.97 Å². The second-order valence-electron chi connectivity index (χ2n) is 5.40. The molecule has 3 rings (SSSR count). The zero-order chi connectivity index (χ0) is 18.2. The molecule has 26 heavy (non-hydrogen) atoms. The summed E-state index contributed by atoms with van der Waals surface area (Å²) in [6.07, 6.45) is 1.25. The van der Waals surface area contributed by atoms with Crippen molar-refractivity contribution in [2.45, 2.75) is 13.2 Å². The summed E-state index contributed by atoms with van der Waals surface area (Å²) in [5.74, 6) is -0.253. The van der Waals surface area contributed by atoms with Crippen LogP contribution in [0.3, 0.4) is 0 Å². The van der Waals surface area contributed by atoms with E-state index in [0.717, 1.165) is 11.1 Å². The fourth-order valence-electron chi connectivity index (χ4n) is 2.31. The summed E-state index contributed by atoms with van der Waals surface area (Å²) in [7, 11) is 1.43. The maximum absolute atomic E-state index is 12.4. The van der Waals surface area contributed by atoms with Crippen LogP contribution in [0.25, 0.3) is 0 Å². The standard InChI is InChI=1S/C20H18N2O4/c1-24-18-17(20(23)26-13-16-10-6-3-7-11-16)21-14-22-19(18)25-12-15-8-4-2-5-9-15/h2-11,14H,12-13H2,1H3. The first-order valence-corrected chi connectivity index (χ1v) is 8.04. The number of hydrogen-bond acceptors (Lipinski definition) is 6. The summed E-state index contributed by atoms with van der Waals surface area (Å²) in [5, 5.41) is 0. The second kappa shape index (κ2) is 8.62. The van der Waals surface area contributed by atoms with Crippen LogP contribution in [0.4, 0.5) is 0 Å². The van der Waals surface area contributed by atoms with Gasteiger partial charge in [-0.05, 0) is 11.1 Å². The maximum Gasteiger partial charge on any atom is 0.361 e. The van der Waals surface area contributed by atoms with E-state index in [0.29, 0.717) is 6.61 Å². The molecule has 1 heterocycles. The SMILES string of the molecule is COc1c(OCc2ccccc2)ncnc1C(=O)OCc1ccccc1. The molecule has 6 heteroatoms. The van der Waals surface area contributed by atoms with E-state index in [-0.39, 0.29) is 23.9 Å². The lowest BCUT2D eigenvalue weighted by Gasteiger charge is -2.12. The number of carbonyl (C=O) groups is 1. The largest absolute Gasteiger partial charge is 0.489 e. The van der Waals surface area contributed by atoms with Crippen molar-refractivity contribution in [3.63, 3.8) is 0 Å². The van der Waals surface area contributed by atoms with E-state index in [1.807, 2.05) is 60.7 Å². The summed E-state index contributed by atoms with van der Waals surface area (Å²) >= 11 is 0. The molecule has 1 aromatic heterocycles. The Labute approximate surface area is 151 Å². The van der Waals surface area contributed by atoms with Crippen molar-refractivity contribution in [2.24, 2.45) is 0 Å². The van der Waals surface area contributed by atoms with Crippen LogP contribution in [0.1, 0.15) is 21.6 Å². The Bertz CT molecular complexity index is 854. The third kappa shape index (κ3) is 4.36. The molecule has 0 amide bonds. The molecule has 3 aromatic rings. The monoisotopic (exact) mass is 350 g/mol. The molecule has 0 saturated heterocycles. The predicted octanol–water partition coefficient (Wildman–Crippen LogP) is 3.42. The number of ether oxygens (including phenoxy) is 3. The normalized spacial score (nSPS) is 10.2. The number of carbonyl (C=O) groups excluding carboxylic acids is 1. The van der Waals surface area contributed by atoms with Crippen molar-refractivity contribution in [1.29, 1.82) is 0 Å². The van der Waals surface area contributed by atoms with Gasteiger partial charge < -0.3 is 14.2 Å². The number of esters is 1. The first-order chi connectivity index (χ1) is 12.8. The zero-order valence-corrected chi connectivity index (χ0v) is 14.3. The van der Waals surface area contributed by atoms with Gasteiger partial charge in [0, 0.05) is 0 Å². The lowest BCUT2D eigenvalue weighted by molar-refractivity contribution is 0.0460. The van der Waals surface area contributed by atoms with Gasteiger partial charge in [0.1, 0.15) is 19.5 Å². The van der Waals surface area contributed by atoms with Gasteiger partial charge in [0.05, 0.1) is 7.11 Å². The Hall–Kier alpha value is -3.41. The molecule has 0 saturated carbocycles. The van der Waals surface area contributed by atoms with Crippen LogP contribution in [0.2, 0.25) is 0 Å². The van der Waals surface area contributed by atoms with E-state index in [1.54, 1.807) is 0 Å². The second-order valence-corrected chi connectivity index (χ2v) is 5.40. The van der Waals surface area contributed by atoms with Crippen molar-refractivity contribution in [2.75, 3.05) is 7.11 Å². The average molecular weight is 350 g/mol. The molecule has 0 aliphatic heterocycles. The van der Waals surface area contributed by atoms with E-state index < -0.39 is 5.97 Å². The van der Waals surface area contributed by atoms with Crippen LogP contribution in [-0.4, -0.2) is 23.0 Å². The Morgan fingerprint density at radius 1 is 0.885 bits per heavy atom. The molecular formula is C20H18N2O4. The van der Waals surface area contributed by atoms with Crippen molar-refractivity contribution < 1.29 is 19.0 Å². The molecule has 132 valence electrons. The molecule has 0 N–H and O–H groups in total. The molecule has 2 aromatic carbocycles. The molecule has 0 radical (unpaired) electrons. The minimum Gasteiger partial charge on any atom is -0.489 e. The minimum atomic E-state index is -0.599. The summed E-state index contributed by atoms with van der Waals surface area (Å²) in [6, 6.07) is 19.0. The highest BCUT2D eigenvalue weighted by Gasteiger charge is 2.21. The number of hydrogen-bond donors (Lipinski definition) is 0. The molecule has 0 aliphatic rings. The highest BCUT2D eigenvalue weighted by Crippen LogP contribution is 2.28. The van der Waals surface area contributed by atoms with Gasteiger partial charge in [-0.3, -0.25) is 0 Å². The smallest absolute Gasteiger partial charge is 0.361 e. The molecule has 0 spiro atoms. The fourth-order valence-corrected chi connectivity index (χ4v) is 2.31. The van der Waals surface area contributed by atoms with Gasteiger partial charge in [0.25, 0.3) is 5.88 Å². The third-order valence-corrected chi connectivity index (χ3v) is 3.60. The van der Waals surface area contributed by atoms with Gasteiger partial charge in [-0.15, -0.1) is 0 Å². The van der Waals surface area contributed by atoms with Gasteiger partial charge in [0.2, 0.25) is 5.75 Å². The summed E-state index contributed by atoms with van der Waals surface area (Å²) in [6.45, 7) is 0.444. The maximum atomic E-state index is 12.4. The predicted molar refractivity (Wildman–Crippen MR) is 94.9 cm³/mol. The van der Waals surface area contributed by atoms with Crippen LogP contribution in [0, 0.1) is 0 Å². The number of methoxy groups -OCH3 is 1. The first-order valence-electron chi connectivity index (χ1n) is 8.04. The van der Waals surface area contributed by atoms with Crippen LogP contribution in [0.5, 0.6) is 11.6 Å². The van der Waals surface area contributed by atoms with Crippen LogP contribution >= 0.6 is 0 Å². The zero-order valence-electron chi connectivity index (χ0n) is 14.3. The molecule has 0 fully saturated rings. The van der Waals surface area contributed by atoms with Gasteiger partial charge >= 0.3 is 5.97 Å². The first kappa shape index (κ1) is 17.4. The molecule has 0 bridgehead atoms. The Kier molecular flexibility index (Phi) is 5.77. The van der Waals surface area contributed by atoms with E-state index >= 15 is 0 Å². The van der Waals surface area contributed by atoms with Crippen LogP contribution in [-0.2, 0) is 18.0 Å². The molecular weight excluding hydrogens is 332 g/mol. The van der Waals surface area contributed by atoms with Crippen molar-refractivity contribution in [3.05, 3.63) is 83.8 Å². The average Bonchev–Trinajstić information content (AvgIpc) is 2.71. The lowest BCUT2D eigenvalue weighted by atomic mass is 10.2. The number of nitrogens with zero attached hydrogens (tertiary/aromatic N) is 2. The molecule has 6 nitrogen and oxygen atoms in total. The van der Waals surface area contributed by atoms with E-state index in [9.17, 15) is 4.79 Å². The number of aromatic nitrogens is 2. The van der Waals surface area contributed by atoms with E-state index in [2.05, 4.69) is 9.97 Å². The van der Waals surface area contributed by atoms with Crippen LogP contribution < -0.4 is 9.47 Å². The van der Waals surface area contributed by atoms with Crippen LogP contribution in [0.15, 0.2) is 67.0 Å². The quantitative estimate of drug-likeness (QED) is 0.608. The number of benzene rings is 2. The molecule has 0 aliphatic carbocycles. The van der Waals surface area contributed by atoms with Gasteiger partial charge in [-0.2, -0.15) is 4.98 Å². The van der Waals surface area contributed by atoms with Gasteiger partial charge in [-0.1, -0.05) is 60.7 Å². The molecule has 0 atom stereocenters. The van der Waals surface area contributed by atoms with E-state index in [1.165, 1.54) is 13.4 Å². The summed E-state index contributed by atoms with van der Waals surface area (Å²) < 4.78 is 16.3. The van der Waals surface area contributed by atoms with Crippen molar-refractivity contribution in [3.8, 4) is 11.6 Å². The Balaban J connectivity index is 1.71. The minimum absolute atomic E-state index is 0.0292. The Morgan fingerprint density at radius 2 is 1.50 bits per heavy atom. The van der Waals surface area contributed by atoms with Crippen molar-refractivity contribution in [1.82, 2.24) is 9.97 Å². The topological polar surface area (TPSA) is 70.5 Å². The third-order valence-electron chi connectivity index (χ3n) is 3.60. The molecule has 0 unspecified atom stereocenters. The van der Waals surface area contributed by atoms with E-state index in [4.69, 9.17) is 14.2 Å². The summed E-state index contributed by atoms with van der Waals surface area (Å²) in [5.41, 5.74) is 1.89. The number of rotatable bonds is 7. The van der Waals surface area contributed by atoms with Gasteiger partial charge in [0.15, 0.2) is 5.69 Å².